The molecule has 0 aromatic rings. The molecule has 0 bridgehead atoms. The summed E-state index contributed by atoms with van der Waals surface area (Å²) in [5, 5.41) is 6.48. The third-order valence-corrected chi connectivity index (χ3v) is 1.57. The maximum absolute atomic E-state index is 7.94. The number of nitrogens with zero attached hydrogens (tertiary/aromatic N) is 3. The van der Waals surface area contributed by atoms with Gasteiger partial charge in [0, 0.05) is 0 Å². The summed E-state index contributed by atoms with van der Waals surface area (Å²) in [6.45, 7) is 3.46. The third kappa shape index (κ3) is 11.0. The first-order chi connectivity index (χ1) is 6.41. The second-order valence-electron chi connectivity index (χ2n) is 2.70. The molecule has 0 atom stereocenters. The molecule has 0 saturated carbocycles. The van der Waals surface area contributed by atoms with Crippen LogP contribution in [0, 0.1) is 0 Å². The van der Waals surface area contributed by atoms with E-state index in [4.69, 9.17) is 11.3 Å². The van der Waals surface area contributed by atoms with Gasteiger partial charge in [-0.05, 0) is 44.1 Å². The highest BCUT2D eigenvalue weighted by atomic mass is 15.4. The molecule has 0 aromatic heterocycles. The fourth-order valence-corrected chi connectivity index (χ4v) is 0.888. The zero-order valence-corrected chi connectivity index (χ0v) is 7.87. The highest BCUT2D eigenvalue weighted by Crippen LogP contribution is 1.84. The monoisotopic (exact) mass is 186 g/mol. The Balaban J connectivity index is 2.87. The van der Waals surface area contributed by atoms with E-state index in [0.29, 0.717) is 0 Å². The predicted molar refractivity (Wildman–Crippen MR) is 52.9 cm³/mol. The second-order valence-corrected chi connectivity index (χ2v) is 2.70. The van der Waals surface area contributed by atoms with E-state index < -0.39 is 0 Å². The molecule has 0 aliphatic rings. The number of hydrogen-bond donors (Lipinski definition) is 3. The number of rotatable bonds is 9. The summed E-state index contributed by atoms with van der Waals surface area (Å²) in [6.07, 6.45) is 3.12. The van der Waals surface area contributed by atoms with Crippen LogP contribution in [0.5, 0.6) is 0 Å². The lowest BCUT2D eigenvalue weighted by Gasteiger charge is -2.01. The fourth-order valence-electron chi connectivity index (χ4n) is 0.888. The highest BCUT2D eigenvalue weighted by Gasteiger charge is 1.89. The normalized spacial score (nSPS) is 9.31. The van der Waals surface area contributed by atoms with Crippen LogP contribution in [0.1, 0.15) is 19.3 Å². The minimum Gasteiger partial charge on any atom is -0.330 e. The highest BCUT2D eigenvalue weighted by molar-refractivity contribution is 4.50. The summed E-state index contributed by atoms with van der Waals surface area (Å²) in [7, 11) is 0. The average Bonchev–Trinajstić information content (AvgIpc) is 2.16. The van der Waals surface area contributed by atoms with Crippen LogP contribution in [0.4, 0.5) is 0 Å². The van der Waals surface area contributed by atoms with E-state index in [1.807, 2.05) is 0 Å². The lowest BCUT2D eigenvalue weighted by Crippen LogP contribution is -2.20. The van der Waals surface area contributed by atoms with Crippen LogP contribution in [-0.4, -0.2) is 26.2 Å². The molecule has 76 valence electrons. The standard InChI is InChI=1S/C7H18N6/c8-4-3-6-10-5-1-2-7-11-13-12-9/h10-11H,1-8H2. The van der Waals surface area contributed by atoms with Gasteiger partial charge in [0.2, 0.25) is 0 Å². The Labute approximate surface area is 78.5 Å². The Bertz CT molecular complexity index is 142. The van der Waals surface area contributed by atoms with Crippen molar-refractivity contribution < 1.29 is 0 Å². The van der Waals surface area contributed by atoms with E-state index in [-0.39, 0.29) is 0 Å². The number of hydrogen-bond acceptors (Lipinski definition) is 3. The van der Waals surface area contributed by atoms with Crippen molar-refractivity contribution in [3.8, 4) is 0 Å². The van der Waals surface area contributed by atoms with Gasteiger partial charge in [0.1, 0.15) is 0 Å². The fraction of sp³-hybridized carbons (Fsp3) is 1.00. The molecule has 0 fully saturated rings. The van der Waals surface area contributed by atoms with Crippen molar-refractivity contribution in [2.45, 2.75) is 19.3 Å². The van der Waals surface area contributed by atoms with Crippen LogP contribution in [0.3, 0.4) is 0 Å². The molecule has 0 unspecified atom stereocenters. The summed E-state index contributed by atoms with van der Waals surface area (Å²) in [6, 6.07) is 0. The molecular weight excluding hydrogens is 168 g/mol. The summed E-state index contributed by atoms with van der Waals surface area (Å²) in [5.41, 5.74) is 15.9. The van der Waals surface area contributed by atoms with Gasteiger partial charge in [-0.1, -0.05) is 0 Å². The van der Waals surface area contributed by atoms with E-state index in [1.165, 1.54) is 0 Å². The van der Waals surface area contributed by atoms with Crippen molar-refractivity contribution in [3.63, 3.8) is 0 Å². The van der Waals surface area contributed by atoms with Crippen molar-refractivity contribution in [2.24, 2.45) is 11.0 Å². The Morgan fingerprint density at radius 1 is 1.15 bits per heavy atom. The van der Waals surface area contributed by atoms with E-state index in [9.17, 15) is 0 Å². The topological polar surface area (TPSA) is 98.8 Å². The lowest BCUT2D eigenvalue weighted by molar-refractivity contribution is 0.583. The van der Waals surface area contributed by atoms with Gasteiger partial charge < -0.3 is 11.1 Å². The van der Waals surface area contributed by atoms with Crippen LogP contribution in [0.25, 0.3) is 10.4 Å². The van der Waals surface area contributed by atoms with Crippen LogP contribution in [0.15, 0.2) is 5.22 Å². The second kappa shape index (κ2) is 11.0. The number of nitrogens with two attached hydrogens (primary N) is 1. The summed E-state index contributed by atoms with van der Waals surface area (Å²) < 4.78 is 0. The first-order valence-corrected chi connectivity index (χ1v) is 4.59. The SMILES string of the molecule is [N-]=[N+]=NNCCCCNCCCN. The van der Waals surface area contributed by atoms with Crippen molar-refractivity contribution in [1.82, 2.24) is 10.7 Å². The van der Waals surface area contributed by atoms with Gasteiger partial charge in [-0.15, -0.1) is 5.53 Å². The molecule has 6 nitrogen and oxygen atoms in total. The van der Waals surface area contributed by atoms with E-state index in [0.717, 1.165) is 45.4 Å². The maximum atomic E-state index is 7.94. The van der Waals surface area contributed by atoms with Crippen molar-refractivity contribution in [2.75, 3.05) is 26.2 Å². The van der Waals surface area contributed by atoms with Crippen LogP contribution in [0.2, 0.25) is 0 Å². The van der Waals surface area contributed by atoms with Gasteiger partial charge in [0.25, 0.3) is 0 Å². The number of azide groups is 1. The Morgan fingerprint density at radius 3 is 2.54 bits per heavy atom. The Morgan fingerprint density at radius 2 is 1.85 bits per heavy atom. The first kappa shape index (κ1) is 12.0. The van der Waals surface area contributed by atoms with Crippen molar-refractivity contribution in [1.29, 1.82) is 0 Å². The molecule has 0 rings (SSSR count). The summed E-state index contributed by atoms with van der Waals surface area (Å²) in [4.78, 5) is 2.58. The Hall–Kier alpha value is -0.970. The minimum atomic E-state index is 0.739. The average molecular weight is 186 g/mol. The number of unbranched alkanes of at least 4 members (excludes halogenated alkanes) is 1. The summed E-state index contributed by atoms with van der Waals surface area (Å²) in [5.74, 6) is 0. The molecular formula is C7H18N6. The molecule has 0 amide bonds. The van der Waals surface area contributed by atoms with Gasteiger partial charge in [0.15, 0.2) is 0 Å². The van der Waals surface area contributed by atoms with Gasteiger partial charge in [0.05, 0.1) is 6.54 Å². The van der Waals surface area contributed by atoms with Gasteiger partial charge in [-0.2, -0.15) is 4.91 Å². The van der Waals surface area contributed by atoms with Crippen LogP contribution in [-0.2, 0) is 0 Å². The molecule has 6 heteroatoms. The summed E-state index contributed by atoms with van der Waals surface area (Å²) >= 11 is 0. The van der Waals surface area contributed by atoms with Gasteiger partial charge in [-0.25, -0.2) is 0 Å². The molecule has 0 aliphatic heterocycles. The van der Waals surface area contributed by atoms with E-state index >= 15 is 0 Å². The molecule has 0 saturated heterocycles. The van der Waals surface area contributed by atoms with Gasteiger partial charge >= 0.3 is 0 Å². The molecule has 0 spiro atoms. The smallest absolute Gasteiger partial charge is 0.0859 e. The first-order valence-electron chi connectivity index (χ1n) is 4.59. The zero-order chi connectivity index (χ0) is 9.78. The minimum absolute atomic E-state index is 0.739. The molecule has 0 radical (unpaired) electrons. The third-order valence-electron chi connectivity index (χ3n) is 1.57. The van der Waals surface area contributed by atoms with E-state index in [1.54, 1.807) is 0 Å². The zero-order valence-electron chi connectivity index (χ0n) is 7.87. The molecule has 13 heavy (non-hydrogen) atoms. The molecule has 4 N–H and O–H groups in total. The van der Waals surface area contributed by atoms with Crippen molar-refractivity contribution >= 4 is 0 Å². The molecule has 0 aliphatic carbocycles. The predicted octanol–water partition coefficient (Wildman–Crippen LogP) is 0.520. The van der Waals surface area contributed by atoms with Gasteiger partial charge in [-0.3, -0.25) is 5.43 Å². The maximum Gasteiger partial charge on any atom is 0.0859 e. The molecule has 0 heterocycles. The Kier molecular flexibility index (Phi) is 10.2. The number of nitrogens with one attached hydrogen (secondary N) is 2. The van der Waals surface area contributed by atoms with E-state index in [2.05, 4.69) is 20.9 Å². The lowest BCUT2D eigenvalue weighted by atomic mass is 10.3. The van der Waals surface area contributed by atoms with Crippen LogP contribution >= 0.6 is 0 Å². The molecule has 0 aromatic carbocycles. The van der Waals surface area contributed by atoms with Crippen LogP contribution < -0.4 is 16.5 Å². The quantitative estimate of drug-likeness (QED) is 0.161. The largest absolute Gasteiger partial charge is 0.330 e. The van der Waals surface area contributed by atoms with Crippen molar-refractivity contribution in [3.05, 3.63) is 10.4 Å².